The van der Waals surface area contributed by atoms with Gasteiger partial charge in [0.1, 0.15) is 17.6 Å². The lowest BCUT2D eigenvalue weighted by atomic mass is 9.96. The number of piperidine rings is 1. The highest BCUT2D eigenvalue weighted by molar-refractivity contribution is 5.73. The van der Waals surface area contributed by atoms with Crippen molar-refractivity contribution in [1.82, 2.24) is 19.9 Å². The SMILES string of the molecule is CC1CN(C(C)C)c2cc(-c3nc(Nc4ccc(N5CCC(CN(C)C)CC5)cn4)ncc3F)cc(F)c2O1. The predicted molar refractivity (Wildman–Crippen MR) is 151 cm³/mol. The first-order valence-electron chi connectivity index (χ1n) is 13.6. The molecule has 0 saturated carbocycles. The van der Waals surface area contributed by atoms with Crippen LogP contribution in [0.5, 0.6) is 5.75 Å². The molecule has 2 aliphatic heterocycles. The maximum atomic E-state index is 15.1. The molecular weight excluding hydrogens is 500 g/mol. The van der Waals surface area contributed by atoms with Crippen molar-refractivity contribution in [2.24, 2.45) is 5.92 Å². The molecule has 1 atom stereocenters. The maximum absolute atomic E-state index is 15.1. The Morgan fingerprint density at radius 2 is 1.85 bits per heavy atom. The van der Waals surface area contributed by atoms with Gasteiger partial charge in [-0.25, -0.2) is 23.7 Å². The molecule has 8 nitrogen and oxygen atoms in total. The zero-order valence-corrected chi connectivity index (χ0v) is 23.3. The van der Waals surface area contributed by atoms with Crippen LogP contribution in [0.25, 0.3) is 11.3 Å². The molecular formula is C29H37F2N7O. The van der Waals surface area contributed by atoms with Gasteiger partial charge >= 0.3 is 0 Å². The van der Waals surface area contributed by atoms with Crippen LogP contribution in [0.4, 0.5) is 31.9 Å². The Bertz CT molecular complexity index is 1290. The first kappa shape index (κ1) is 27.1. The van der Waals surface area contributed by atoms with Crippen molar-refractivity contribution in [2.45, 2.75) is 45.8 Å². The van der Waals surface area contributed by atoms with Gasteiger partial charge in [0.05, 0.1) is 30.3 Å². The van der Waals surface area contributed by atoms with Gasteiger partial charge in [0.15, 0.2) is 17.4 Å². The van der Waals surface area contributed by atoms with Crippen LogP contribution in [0.2, 0.25) is 0 Å². The Morgan fingerprint density at radius 3 is 2.51 bits per heavy atom. The number of halogens is 2. The van der Waals surface area contributed by atoms with Gasteiger partial charge < -0.3 is 24.8 Å². The third-order valence-electron chi connectivity index (χ3n) is 7.34. The van der Waals surface area contributed by atoms with Gasteiger partial charge in [0, 0.05) is 31.2 Å². The van der Waals surface area contributed by atoms with E-state index in [2.05, 4.69) is 49.1 Å². The summed E-state index contributed by atoms with van der Waals surface area (Å²) in [5.41, 5.74) is 1.99. The first-order valence-corrected chi connectivity index (χ1v) is 13.6. The summed E-state index contributed by atoms with van der Waals surface area (Å²) in [4.78, 5) is 19.7. The van der Waals surface area contributed by atoms with Crippen molar-refractivity contribution in [3.8, 4) is 17.0 Å². The Labute approximate surface area is 229 Å². The molecule has 3 aromatic rings. The molecule has 1 unspecified atom stereocenters. The lowest BCUT2D eigenvalue weighted by molar-refractivity contribution is 0.199. The molecule has 39 heavy (non-hydrogen) atoms. The van der Waals surface area contributed by atoms with E-state index in [4.69, 9.17) is 4.74 Å². The van der Waals surface area contributed by atoms with Crippen molar-refractivity contribution >= 4 is 23.1 Å². The van der Waals surface area contributed by atoms with E-state index in [1.54, 1.807) is 6.07 Å². The molecule has 0 bridgehead atoms. The van der Waals surface area contributed by atoms with E-state index < -0.39 is 11.6 Å². The lowest BCUT2D eigenvalue weighted by Crippen LogP contribution is -2.42. The number of aromatic nitrogens is 3. The minimum Gasteiger partial charge on any atom is -0.484 e. The van der Waals surface area contributed by atoms with E-state index >= 15 is 4.39 Å². The van der Waals surface area contributed by atoms with Crippen LogP contribution in [0, 0.1) is 17.6 Å². The van der Waals surface area contributed by atoms with E-state index in [1.165, 1.54) is 6.07 Å². The van der Waals surface area contributed by atoms with Crippen LogP contribution in [-0.4, -0.2) is 72.3 Å². The minimum atomic E-state index is -0.637. The molecule has 5 rings (SSSR count). The normalized spacial score (nSPS) is 17.9. The van der Waals surface area contributed by atoms with Gasteiger partial charge in [-0.05, 0) is 77.9 Å². The van der Waals surface area contributed by atoms with Crippen molar-refractivity contribution in [3.05, 3.63) is 48.3 Å². The highest BCUT2D eigenvalue weighted by Crippen LogP contribution is 2.40. The van der Waals surface area contributed by atoms with E-state index in [1.807, 2.05) is 39.1 Å². The molecule has 208 valence electrons. The number of benzene rings is 1. The van der Waals surface area contributed by atoms with Crippen LogP contribution >= 0.6 is 0 Å². The quantitative estimate of drug-likeness (QED) is 0.434. The number of fused-ring (bicyclic) bond motifs is 1. The number of ether oxygens (including phenoxy) is 1. The third kappa shape index (κ3) is 6.06. The second-order valence-electron chi connectivity index (χ2n) is 11.1. The first-order chi connectivity index (χ1) is 18.7. The molecule has 2 aliphatic rings. The number of pyridine rings is 1. The van der Waals surface area contributed by atoms with Gasteiger partial charge in [0.2, 0.25) is 5.95 Å². The van der Waals surface area contributed by atoms with Gasteiger partial charge in [-0.3, -0.25) is 0 Å². The zero-order valence-electron chi connectivity index (χ0n) is 23.3. The van der Waals surface area contributed by atoms with Crippen LogP contribution in [0.1, 0.15) is 33.6 Å². The standard InChI is InChI=1S/C29H37F2N7O/c1-18(2)38-16-19(3)39-28-23(30)12-21(13-25(28)38)27-24(31)15-33-29(35-27)34-26-7-6-22(14-32-26)37-10-8-20(9-11-37)17-36(4)5/h6-7,12-15,18-20H,8-11,16-17H2,1-5H3,(H,32,33,34,35). The number of rotatable bonds is 7. The minimum absolute atomic E-state index is 0.00810. The zero-order chi connectivity index (χ0) is 27.7. The summed E-state index contributed by atoms with van der Waals surface area (Å²) in [6.45, 7) is 9.72. The summed E-state index contributed by atoms with van der Waals surface area (Å²) in [7, 11) is 4.24. The van der Waals surface area contributed by atoms with E-state index in [-0.39, 0.29) is 29.5 Å². The molecule has 2 aromatic heterocycles. The van der Waals surface area contributed by atoms with Crippen LogP contribution < -0.4 is 19.9 Å². The van der Waals surface area contributed by atoms with Gasteiger partial charge in [0.25, 0.3) is 0 Å². The topological polar surface area (TPSA) is 69.7 Å². The fourth-order valence-electron chi connectivity index (χ4n) is 5.43. The number of hydrogen-bond donors (Lipinski definition) is 1. The Morgan fingerprint density at radius 1 is 1.08 bits per heavy atom. The Hall–Kier alpha value is -3.53. The number of hydrogen-bond acceptors (Lipinski definition) is 8. The second-order valence-corrected chi connectivity index (χ2v) is 11.1. The average molecular weight is 538 g/mol. The van der Waals surface area contributed by atoms with Gasteiger partial charge in [-0.15, -0.1) is 0 Å². The summed E-state index contributed by atoms with van der Waals surface area (Å²) >= 11 is 0. The highest BCUT2D eigenvalue weighted by atomic mass is 19.1. The van der Waals surface area contributed by atoms with Crippen molar-refractivity contribution in [2.75, 3.05) is 55.4 Å². The molecule has 10 heteroatoms. The van der Waals surface area contributed by atoms with Gasteiger partial charge in [-0.1, -0.05) is 0 Å². The average Bonchev–Trinajstić information content (AvgIpc) is 2.90. The molecule has 1 saturated heterocycles. The van der Waals surface area contributed by atoms with Crippen LogP contribution in [0.3, 0.4) is 0 Å². The number of nitrogens with one attached hydrogen (secondary N) is 1. The van der Waals surface area contributed by atoms with Crippen LogP contribution in [0.15, 0.2) is 36.7 Å². The molecule has 1 aromatic carbocycles. The highest BCUT2D eigenvalue weighted by Gasteiger charge is 2.29. The van der Waals surface area contributed by atoms with Crippen molar-refractivity contribution in [3.63, 3.8) is 0 Å². The molecule has 0 radical (unpaired) electrons. The van der Waals surface area contributed by atoms with E-state index in [9.17, 15) is 4.39 Å². The van der Waals surface area contributed by atoms with Gasteiger partial charge in [-0.2, -0.15) is 0 Å². The lowest BCUT2D eigenvalue weighted by Gasteiger charge is -2.38. The molecule has 0 amide bonds. The smallest absolute Gasteiger partial charge is 0.229 e. The Kier molecular flexibility index (Phi) is 7.83. The third-order valence-corrected chi connectivity index (χ3v) is 7.34. The molecule has 0 spiro atoms. The fourth-order valence-corrected chi connectivity index (χ4v) is 5.43. The van der Waals surface area contributed by atoms with Crippen LogP contribution in [-0.2, 0) is 0 Å². The summed E-state index contributed by atoms with van der Waals surface area (Å²) < 4.78 is 35.8. The van der Waals surface area contributed by atoms with E-state index in [0.717, 1.165) is 50.3 Å². The molecule has 0 aliphatic carbocycles. The summed E-state index contributed by atoms with van der Waals surface area (Å²) in [6.07, 6.45) is 5.09. The number of anilines is 4. The fraction of sp³-hybridized carbons (Fsp3) is 0.483. The molecule has 4 heterocycles. The van der Waals surface area contributed by atoms with E-state index in [0.29, 0.717) is 23.6 Å². The maximum Gasteiger partial charge on any atom is 0.229 e. The summed E-state index contributed by atoms with van der Waals surface area (Å²) in [6, 6.07) is 7.00. The predicted octanol–water partition coefficient (Wildman–Crippen LogP) is 5.33. The monoisotopic (exact) mass is 537 g/mol. The molecule has 1 fully saturated rings. The Balaban J connectivity index is 1.33. The molecule has 1 N–H and O–H groups in total. The van der Waals surface area contributed by atoms with Crippen molar-refractivity contribution < 1.29 is 13.5 Å². The second kappa shape index (κ2) is 11.3. The number of nitrogens with zero attached hydrogens (tertiary/aromatic N) is 6. The summed E-state index contributed by atoms with van der Waals surface area (Å²) in [5.74, 6) is 0.453. The summed E-state index contributed by atoms with van der Waals surface area (Å²) in [5, 5.41) is 3.06. The largest absolute Gasteiger partial charge is 0.484 e. The van der Waals surface area contributed by atoms with Crippen molar-refractivity contribution in [1.29, 1.82) is 0 Å².